The van der Waals surface area contributed by atoms with Crippen molar-refractivity contribution in [1.82, 2.24) is 0 Å². The molecule has 1 aliphatic heterocycles. The van der Waals surface area contributed by atoms with Gasteiger partial charge in [0.2, 0.25) is 6.08 Å². The van der Waals surface area contributed by atoms with E-state index in [0.717, 1.165) is 0 Å². The molecular formula is C10H7BrFNO3. The van der Waals surface area contributed by atoms with Gasteiger partial charge in [-0.1, -0.05) is 0 Å². The van der Waals surface area contributed by atoms with Crippen molar-refractivity contribution in [2.24, 2.45) is 4.99 Å². The molecule has 0 bridgehead atoms. The summed E-state index contributed by atoms with van der Waals surface area (Å²) in [5.74, 6) is 0.268. The number of fused-ring (bicyclic) bond motifs is 1. The Hall–Kier alpha value is -1.39. The molecule has 0 radical (unpaired) electrons. The van der Waals surface area contributed by atoms with Crippen LogP contribution in [0.1, 0.15) is 5.56 Å². The van der Waals surface area contributed by atoms with E-state index in [1.807, 2.05) is 0 Å². The summed E-state index contributed by atoms with van der Waals surface area (Å²) in [7, 11) is 0. The number of rotatable bonds is 2. The van der Waals surface area contributed by atoms with Crippen molar-refractivity contribution in [2.45, 2.75) is 6.54 Å². The molecule has 0 amide bonds. The molecule has 0 aliphatic carbocycles. The lowest BCUT2D eigenvalue weighted by Gasteiger charge is -2.21. The average molecular weight is 288 g/mol. The third-order valence-corrected chi connectivity index (χ3v) is 2.70. The molecule has 84 valence electrons. The van der Waals surface area contributed by atoms with Gasteiger partial charge in [-0.3, -0.25) is 0 Å². The van der Waals surface area contributed by atoms with E-state index in [4.69, 9.17) is 9.47 Å². The Bertz CT molecular complexity index is 472. The topological polar surface area (TPSA) is 47.9 Å². The van der Waals surface area contributed by atoms with Crippen LogP contribution in [0.15, 0.2) is 15.5 Å². The molecule has 0 saturated carbocycles. The van der Waals surface area contributed by atoms with E-state index < -0.39 is 5.82 Å². The Morgan fingerprint density at radius 2 is 2.25 bits per heavy atom. The first-order valence-corrected chi connectivity index (χ1v) is 5.33. The molecule has 6 heteroatoms. The van der Waals surface area contributed by atoms with Crippen LogP contribution in [0.3, 0.4) is 0 Å². The summed E-state index contributed by atoms with van der Waals surface area (Å²) in [5, 5.41) is 0. The molecule has 0 atom stereocenters. The molecule has 4 nitrogen and oxygen atoms in total. The van der Waals surface area contributed by atoms with Crippen LogP contribution in [0.25, 0.3) is 0 Å². The maximum absolute atomic E-state index is 13.7. The highest BCUT2D eigenvalue weighted by Crippen LogP contribution is 2.39. The first-order chi connectivity index (χ1) is 7.74. The predicted molar refractivity (Wildman–Crippen MR) is 56.9 cm³/mol. The molecule has 1 aromatic carbocycles. The van der Waals surface area contributed by atoms with Crippen LogP contribution in [0.4, 0.5) is 4.39 Å². The van der Waals surface area contributed by atoms with E-state index in [1.165, 1.54) is 12.1 Å². The van der Waals surface area contributed by atoms with Gasteiger partial charge in [0.1, 0.15) is 19.0 Å². The van der Waals surface area contributed by atoms with E-state index in [1.54, 1.807) is 0 Å². The minimum Gasteiger partial charge on any atom is -0.486 e. The Labute approximate surface area is 99.2 Å². The highest BCUT2D eigenvalue weighted by molar-refractivity contribution is 9.10. The standard InChI is InChI=1S/C10H7BrFNO3/c11-7-3-8-10(16-2-1-15-8)6(9(7)12)4-13-5-14/h3H,1-2,4H2. The highest BCUT2D eigenvalue weighted by atomic mass is 79.9. The second-order valence-corrected chi connectivity index (χ2v) is 3.94. The van der Waals surface area contributed by atoms with Crippen LogP contribution in [-0.4, -0.2) is 19.3 Å². The highest BCUT2D eigenvalue weighted by Gasteiger charge is 2.22. The molecule has 0 spiro atoms. The van der Waals surface area contributed by atoms with E-state index in [2.05, 4.69) is 20.9 Å². The molecule has 0 saturated heterocycles. The van der Waals surface area contributed by atoms with Gasteiger partial charge in [0.15, 0.2) is 11.5 Å². The van der Waals surface area contributed by atoms with Gasteiger partial charge >= 0.3 is 0 Å². The van der Waals surface area contributed by atoms with Crippen LogP contribution in [0, 0.1) is 5.82 Å². The summed E-state index contributed by atoms with van der Waals surface area (Å²) in [6, 6.07) is 1.50. The van der Waals surface area contributed by atoms with Crippen LogP contribution >= 0.6 is 15.9 Å². The quantitative estimate of drug-likeness (QED) is 0.619. The van der Waals surface area contributed by atoms with E-state index in [-0.39, 0.29) is 16.6 Å². The Balaban J connectivity index is 2.53. The smallest absolute Gasteiger partial charge is 0.235 e. The lowest BCUT2D eigenvalue weighted by Crippen LogP contribution is -2.17. The van der Waals surface area contributed by atoms with Gasteiger partial charge in [-0.2, -0.15) is 0 Å². The van der Waals surface area contributed by atoms with Crippen molar-refractivity contribution in [2.75, 3.05) is 13.2 Å². The van der Waals surface area contributed by atoms with Crippen LogP contribution in [0.2, 0.25) is 0 Å². The SMILES string of the molecule is O=C=NCc1c(F)c(Br)cc2c1OCCO2. The van der Waals surface area contributed by atoms with Crippen molar-refractivity contribution in [1.29, 1.82) is 0 Å². The largest absolute Gasteiger partial charge is 0.486 e. The Kier molecular flexibility index (Phi) is 3.22. The van der Waals surface area contributed by atoms with Crippen molar-refractivity contribution >= 4 is 22.0 Å². The monoisotopic (exact) mass is 287 g/mol. The lowest BCUT2D eigenvalue weighted by atomic mass is 10.1. The van der Waals surface area contributed by atoms with Gasteiger partial charge in [-0.05, 0) is 15.9 Å². The van der Waals surface area contributed by atoms with Gasteiger partial charge in [0.25, 0.3) is 0 Å². The predicted octanol–water partition coefficient (Wildman–Crippen LogP) is 2.20. The number of benzene rings is 1. The third-order valence-electron chi connectivity index (χ3n) is 2.12. The summed E-state index contributed by atoms with van der Waals surface area (Å²) >= 11 is 3.07. The third kappa shape index (κ3) is 1.94. The molecule has 1 aliphatic rings. The molecule has 1 aromatic rings. The summed E-state index contributed by atoms with van der Waals surface area (Å²) in [6.07, 6.45) is 1.37. The molecule has 0 fully saturated rings. The second-order valence-electron chi connectivity index (χ2n) is 3.08. The summed E-state index contributed by atoms with van der Waals surface area (Å²) in [5.41, 5.74) is 0.201. The normalized spacial score (nSPS) is 13.1. The van der Waals surface area contributed by atoms with E-state index in [0.29, 0.717) is 24.7 Å². The summed E-state index contributed by atoms with van der Waals surface area (Å²) in [6.45, 7) is 0.661. The van der Waals surface area contributed by atoms with E-state index >= 15 is 0 Å². The molecular weight excluding hydrogens is 281 g/mol. The van der Waals surface area contributed by atoms with Gasteiger partial charge in [-0.15, -0.1) is 0 Å². The van der Waals surface area contributed by atoms with Crippen molar-refractivity contribution < 1.29 is 18.7 Å². The minimum absolute atomic E-state index is 0.111. The number of aliphatic imine (C=N–C) groups is 1. The fourth-order valence-corrected chi connectivity index (χ4v) is 1.90. The maximum Gasteiger partial charge on any atom is 0.235 e. The lowest BCUT2D eigenvalue weighted by molar-refractivity contribution is 0.168. The zero-order valence-electron chi connectivity index (χ0n) is 8.13. The first-order valence-electron chi connectivity index (χ1n) is 4.54. The summed E-state index contributed by atoms with van der Waals surface area (Å²) in [4.78, 5) is 13.4. The number of halogens is 2. The fourth-order valence-electron chi connectivity index (χ4n) is 1.45. The molecule has 0 unspecified atom stereocenters. The Morgan fingerprint density at radius 3 is 3.00 bits per heavy atom. The van der Waals surface area contributed by atoms with Gasteiger partial charge in [-0.25, -0.2) is 14.2 Å². The van der Waals surface area contributed by atoms with Crippen molar-refractivity contribution in [3.05, 3.63) is 21.9 Å². The van der Waals surface area contributed by atoms with Gasteiger partial charge < -0.3 is 9.47 Å². The zero-order chi connectivity index (χ0) is 11.5. The number of carbonyl (C=O) groups excluding carboxylic acids is 1. The van der Waals surface area contributed by atoms with Crippen molar-refractivity contribution in [3.63, 3.8) is 0 Å². The van der Waals surface area contributed by atoms with E-state index in [9.17, 15) is 9.18 Å². The maximum atomic E-state index is 13.7. The van der Waals surface area contributed by atoms with Gasteiger partial charge in [0.05, 0.1) is 16.6 Å². The van der Waals surface area contributed by atoms with Crippen LogP contribution < -0.4 is 9.47 Å². The molecule has 1 heterocycles. The molecule has 0 N–H and O–H groups in total. The number of isocyanates is 1. The second kappa shape index (κ2) is 4.63. The van der Waals surface area contributed by atoms with Crippen molar-refractivity contribution in [3.8, 4) is 11.5 Å². The first kappa shape index (κ1) is 11.1. The van der Waals surface area contributed by atoms with Gasteiger partial charge in [0, 0.05) is 6.07 Å². The number of hydrogen-bond acceptors (Lipinski definition) is 4. The molecule has 16 heavy (non-hydrogen) atoms. The fraction of sp³-hybridized carbons (Fsp3) is 0.300. The summed E-state index contributed by atoms with van der Waals surface area (Å²) < 4.78 is 24.6. The van der Waals surface area contributed by atoms with Crippen LogP contribution in [0.5, 0.6) is 11.5 Å². The number of nitrogens with zero attached hydrogens (tertiary/aromatic N) is 1. The van der Waals surface area contributed by atoms with Crippen LogP contribution in [-0.2, 0) is 11.3 Å². The zero-order valence-corrected chi connectivity index (χ0v) is 9.71. The number of ether oxygens (including phenoxy) is 2. The minimum atomic E-state index is -0.497. The molecule has 0 aromatic heterocycles. The number of hydrogen-bond donors (Lipinski definition) is 0. The molecule has 2 rings (SSSR count). The Morgan fingerprint density at radius 1 is 1.50 bits per heavy atom. The average Bonchev–Trinajstić information content (AvgIpc) is 2.30.